The van der Waals surface area contributed by atoms with Gasteiger partial charge in [0.05, 0.1) is 5.60 Å². The molecule has 0 heterocycles. The fourth-order valence-corrected chi connectivity index (χ4v) is 1.03. The number of hydrogen-bond acceptors (Lipinski definition) is 3. The Morgan fingerprint density at radius 1 is 1.27 bits per heavy atom. The van der Waals surface area contributed by atoms with Gasteiger partial charge in [-0.1, -0.05) is 12.2 Å². The lowest BCUT2D eigenvalue weighted by atomic mass is 10.1. The van der Waals surface area contributed by atoms with Crippen molar-refractivity contribution < 1.29 is 14.9 Å². The number of phenolic OH excluding ortho intramolecular Hbond substituents is 2. The van der Waals surface area contributed by atoms with E-state index in [2.05, 4.69) is 0 Å². The molecule has 3 heteroatoms. The molecular formula is C12H16O3. The Hall–Kier alpha value is -1.48. The van der Waals surface area contributed by atoms with Crippen LogP contribution in [-0.4, -0.2) is 22.9 Å². The molecule has 0 atom stereocenters. The van der Waals surface area contributed by atoms with E-state index in [4.69, 9.17) is 4.74 Å². The second-order valence-corrected chi connectivity index (χ2v) is 3.88. The summed E-state index contributed by atoms with van der Waals surface area (Å²) in [6.45, 7) is 3.81. The zero-order chi connectivity index (χ0) is 11.5. The fourth-order valence-electron chi connectivity index (χ4n) is 1.03. The zero-order valence-corrected chi connectivity index (χ0v) is 9.19. The van der Waals surface area contributed by atoms with Crippen molar-refractivity contribution in [2.45, 2.75) is 19.4 Å². The smallest absolute Gasteiger partial charge is 0.123 e. The van der Waals surface area contributed by atoms with Crippen LogP contribution in [0.2, 0.25) is 0 Å². The number of hydrogen-bond donors (Lipinski definition) is 2. The van der Waals surface area contributed by atoms with E-state index in [9.17, 15) is 10.2 Å². The van der Waals surface area contributed by atoms with Gasteiger partial charge in [0.2, 0.25) is 0 Å². The fraction of sp³-hybridized carbons (Fsp3) is 0.333. The van der Waals surface area contributed by atoms with Crippen LogP contribution < -0.4 is 0 Å². The Morgan fingerprint density at radius 2 is 1.93 bits per heavy atom. The Kier molecular flexibility index (Phi) is 3.37. The van der Waals surface area contributed by atoms with Gasteiger partial charge in [0, 0.05) is 12.7 Å². The SMILES string of the molecule is COC(C)(C)/C=C/c1cc(O)ccc1O. The Labute approximate surface area is 89.6 Å². The van der Waals surface area contributed by atoms with E-state index in [0.29, 0.717) is 5.56 Å². The molecule has 3 nitrogen and oxygen atoms in total. The maximum Gasteiger partial charge on any atom is 0.123 e. The molecule has 0 radical (unpaired) electrons. The first-order valence-electron chi connectivity index (χ1n) is 4.71. The van der Waals surface area contributed by atoms with Crippen molar-refractivity contribution in [1.29, 1.82) is 0 Å². The molecule has 15 heavy (non-hydrogen) atoms. The third-order valence-electron chi connectivity index (χ3n) is 2.20. The van der Waals surface area contributed by atoms with Crippen molar-refractivity contribution in [2.24, 2.45) is 0 Å². The summed E-state index contributed by atoms with van der Waals surface area (Å²) in [7, 11) is 1.62. The highest BCUT2D eigenvalue weighted by atomic mass is 16.5. The maximum atomic E-state index is 9.50. The van der Waals surface area contributed by atoms with Gasteiger partial charge < -0.3 is 14.9 Å². The standard InChI is InChI=1S/C12H16O3/c1-12(2,15-3)7-6-9-8-10(13)4-5-11(9)14/h4-8,13-14H,1-3H3/b7-6+. The van der Waals surface area contributed by atoms with E-state index >= 15 is 0 Å². The van der Waals surface area contributed by atoms with Gasteiger partial charge in [0.1, 0.15) is 11.5 Å². The molecule has 1 aromatic carbocycles. The minimum atomic E-state index is -0.391. The molecule has 0 unspecified atom stereocenters. The molecule has 1 aromatic rings. The molecule has 0 aliphatic carbocycles. The van der Waals surface area contributed by atoms with Crippen molar-refractivity contribution in [3.63, 3.8) is 0 Å². The summed E-state index contributed by atoms with van der Waals surface area (Å²) in [6.07, 6.45) is 3.54. The van der Waals surface area contributed by atoms with Crippen molar-refractivity contribution in [3.8, 4) is 11.5 Å². The van der Waals surface area contributed by atoms with Crippen LogP contribution in [0.5, 0.6) is 11.5 Å². The summed E-state index contributed by atoms with van der Waals surface area (Å²) >= 11 is 0. The first kappa shape index (κ1) is 11.6. The lowest BCUT2D eigenvalue weighted by molar-refractivity contribution is 0.0663. The molecule has 0 aliphatic heterocycles. The van der Waals surface area contributed by atoms with Crippen molar-refractivity contribution >= 4 is 6.08 Å². The average Bonchev–Trinajstić information content (AvgIpc) is 2.20. The second-order valence-electron chi connectivity index (χ2n) is 3.88. The third kappa shape index (κ3) is 3.29. The normalized spacial score (nSPS) is 12.2. The van der Waals surface area contributed by atoms with Gasteiger partial charge in [-0.3, -0.25) is 0 Å². The molecule has 0 bridgehead atoms. The molecule has 0 saturated carbocycles. The van der Waals surface area contributed by atoms with Crippen LogP contribution in [-0.2, 0) is 4.74 Å². The summed E-state index contributed by atoms with van der Waals surface area (Å²) in [5.74, 6) is 0.263. The summed E-state index contributed by atoms with van der Waals surface area (Å²) in [4.78, 5) is 0. The number of ether oxygens (including phenoxy) is 1. The number of phenols is 2. The molecule has 0 fully saturated rings. The van der Waals surface area contributed by atoms with Crippen molar-refractivity contribution in [3.05, 3.63) is 29.8 Å². The number of benzene rings is 1. The number of aromatic hydroxyl groups is 2. The first-order valence-corrected chi connectivity index (χ1v) is 4.71. The van der Waals surface area contributed by atoms with E-state index in [1.807, 2.05) is 19.9 Å². The van der Waals surface area contributed by atoms with Gasteiger partial charge in [0.25, 0.3) is 0 Å². The zero-order valence-electron chi connectivity index (χ0n) is 9.19. The predicted octanol–water partition coefficient (Wildman–Crippen LogP) is 2.54. The summed E-state index contributed by atoms with van der Waals surface area (Å²) in [5, 5.41) is 18.7. The molecule has 0 aromatic heterocycles. The molecule has 0 amide bonds. The summed E-state index contributed by atoms with van der Waals surface area (Å²) in [6, 6.07) is 4.39. The number of methoxy groups -OCH3 is 1. The topological polar surface area (TPSA) is 49.7 Å². The highest BCUT2D eigenvalue weighted by molar-refractivity contribution is 5.59. The van der Waals surface area contributed by atoms with E-state index < -0.39 is 5.60 Å². The van der Waals surface area contributed by atoms with E-state index in [-0.39, 0.29) is 11.5 Å². The molecule has 0 saturated heterocycles. The predicted molar refractivity (Wildman–Crippen MR) is 59.9 cm³/mol. The Morgan fingerprint density at radius 3 is 2.53 bits per heavy atom. The average molecular weight is 208 g/mol. The van der Waals surface area contributed by atoms with Gasteiger partial charge >= 0.3 is 0 Å². The lowest BCUT2D eigenvalue weighted by Gasteiger charge is -2.17. The molecule has 0 spiro atoms. The highest BCUT2D eigenvalue weighted by Crippen LogP contribution is 2.24. The van der Waals surface area contributed by atoms with Crippen LogP contribution in [0.15, 0.2) is 24.3 Å². The van der Waals surface area contributed by atoms with Crippen LogP contribution in [0, 0.1) is 0 Å². The molecular weight excluding hydrogens is 192 g/mol. The second kappa shape index (κ2) is 4.36. The monoisotopic (exact) mass is 208 g/mol. The van der Waals surface area contributed by atoms with Gasteiger partial charge in [-0.2, -0.15) is 0 Å². The quantitative estimate of drug-likeness (QED) is 0.750. The third-order valence-corrected chi connectivity index (χ3v) is 2.20. The van der Waals surface area contributed by atoms with Crippen LogP contribution in [0.4, 0.5) is 0 Å². The Bertz CT molecular complexity index is 367. The van der Waals surface area contributed by atoms with Crippen LogP contribution in [0.25, 0.3) is 6.08 Å². The van der Waals surface area contributed by atoms with Gasteiger partial charge in [-0.05, 0) is 32.0 Å². The highest BCUT2D eigenvalue weighted by Gasteiger charge is 2.11. The van der Waals surface area contributed by atoms with Crippen molar-refractivity contribution in [2.75, 3.05) is 7.11 Å². The number of rotatable bonds is 3. The van der Waals surface area contributed by atoms with Gasteiger partial charge in [-0.25, -0.2) is 0 Å². The minimum Gasteiger partial charge on any atom is -0.508 e. The summed E-state index contributed by atoms with van der Waals surface area (Å²) < 4.78 is 5.20. The molecule has 82 valence electrons. The largest absolute Gasteiger partial charge is 0.508 e. The summed E-state index contributed by atoms with van der Waals surface area (Å²) in [5.41, 5.74) is 0.179. The van der Waals surface area contributed by atoms with E-state index in [0.717, 1.165) is 0 Å². The van der Waals surface area contributed by atoms with E-state index in [1.165, 1.54) is 18.2 Å². The van der Waals surface area contributed by atoms with Crippen molar-refractivity contribution in [1.82, 2.24) is 0 Å². The van der Waals surface area contributed by atoms with Crippen LogP contribution in [0.1, 0.15) is 19.4 Å². The van der Waals surface area contributed by atoms with Crippen LogP contribution in [0.3, 0.4) is 0 Å². The minimum absolute atomic E-state index is 0.127. The van der Waals surface area contributed by atoms with E-state index in [1.54, 1.807) is 13.2 Å². The van der Waals surface area contributed by atoms with Gasteiger partial charge in [0.15, 0.2) is 0 Å². The molecule has 0 aliphatic rings. The Balaban J connectivity index is 2.94. The van der Waals surface area contributed by atoms with Gasteiger partial charge in [-0.15, -0.1) is 0 Å². The first-order chi connectivity index (χ1) is 6.94. The maximum absolute atomic E-state index is 9.50. The molecule has 1 rings (SSSR count). The lowest BCUT2D eigenvalue weighted by Crippen LogP contribution is -2.18. The van der Waals surface area contributed by atoms with Crippen LogP contribution >= 0.6 is 0 Å². The molecule has 2 N–H and O–H groups in total.